The number of benzene rings is 2. The van der Waals surface area contributed by atoms with Gasteiger partial charge in [-0.2, -0.15) is 0 Å². The topological polar surface area (TPSA) is 26.3 Å². The SMILES string of the molecule is O=C(/C=C/c1ccc(Cl)cc1Cl)OCc1ccccc1. The second-order valence-corrected chi connectivity index (χ2v) is 4.94. The summed E-state index contributed by atoms with van der Waals surface area (Å²) in [6.45, 7) is 0.248. The van der Waals surface area contributed by atoms with E-state index in [1.807, 2.05) is 30.3 Å². The van der Waals surface area contributed by atoms with Crippen molar-refractivity contribution in [3.05, 3.63) is 75.8 Å². The molecular weight excluding hydrogens is 295 g/mol. The fourth-order valence-electron chi connectivity index (χ4n) is 1.57. The lowest BCUT2D eigenvalue weighted by molar-refractivity contribution is -0.138. The summed E-state index contributed by atoms with van der Waals surface area (Å²) in [5.41, 5.74) is 1.66. The Balaban J connectivity index is 1.92. The van der Waals surface area contributed by atoms with Crippen LogP contribution in [0.2, 0.25) is 10.0 Å². The van der Waals surface area contributed by atoms with Crippen molar-refractivity contribution in [3.63, 3.8) is 0 Å². The average molecular weight is 307 g/mol. The van der Waals surface area contributed by atoms with E-state index in [-0.39, 0.29) is 6.61 Å². The van der Waals surface area contributed by atoms with Gasteiger partial charge >= 0.3 is 5.97 Å². The van der Waals surface area contributed by atoms with Crippen molar-refractivity contribution < 1.29 is 9.53 Å². The van der Waals surface area contributed by atoms with Crippen LogP contribution in [-0.4, -0.2) is 5.97 Å². The number of esters is 1. The Bertz CT molecular complexity index is 622. The zero-order chi connectivity index (χ0) is 14.4. The van der Waals surface area contributed by atoms with E-state index >= 15 is 0 Å². The van der Waals surface area contributed by atoms with Crippen molar-refractivity contribution in [1.29, 1.82) is 0 Å². The molecule has 102 valence electrons. The number of hydrogen-bond acceptors (Lipinski definition) is 2. The Morgan fingerprint density at radius 2 is 1.85 bits per heavy atom. The lowest BCUT2D eigenvalue weighted by Gasteiger charge is -2.02. The third-order valence-electron chi connectivity index (χ3n) is 2.59. The summed E-state index contributed by atoms with van der Waals surface area (Å²) >= 11 is 11.8. The number of halogens is 2. The van der Waals surface area contributed by atoms with Gasteiger partial charge in [0.25, 0.3) is 0 Å². The first-order valence-electron chi connectivity index (χ1n) is 5.99. The summed E-state index contributed by atoms with van der Waals surface area (Å²) < 4.78 is 5.12. The van der Waals surface area contributed by atoms with Crippen molar-refractivity contribution in [2.75, 3.05) is 0 Å². The fraction of sp³-hybridized carbons (Fsp3) is 0.0625. The van der Waals surface area contributed by atoms with E-state index in [2.05, 4.69) is 0 Å². The van der Waals surface area contributed by atoms with Gasteiger partial charge < -0.3 is 4.74 Å². The van der Waals surface area contributed by atoms with E-state index in [0.29, 0.717) is 15.6 Å². The Morgan fingerprint density at radius 3 is 2.55 bits per heavy atom. The Hall–Kier alpha value is -1.77. The molecule has 0 bridgehead atoms. The summed E-state index contributed by atoms with van der Waals surface area (Å²) in [5.74, 6) is -0.417. The quantitative estimate of drug-likeness (QED) is 0.602. The first kappa shape index (κ1) is 14.6. The standard InChI is InChI=1S/C16H12Cl2O2/c17-14-8-6-13(15(18)10-14)7-9-16(19)20-11-12-4-2-1-3-5-12/h1-10H,11H2/b9-7+. The summed E-state index contributed by atoms with van der Waals surface area (Å²) in [6.07, 6.45) is 2.95. The molecule has 0 saturated heterocycles. The molecule has 0 saturated carbocycles. The zero-order valence-electron chi connectivity index (χ0n) is 10.6. The molecule has 2 rings (SSSR count). The number of carbonyl (C=O) groups excluding carboxylic acids is 1. The second-order valence-electron chi connectivity index (χ2n) is 4.09. The molecule has 0 amide bonds. The monoisotopic (exact) mass is 306 g/mol. The summed E-state index contributed by atoms with van der Waals surface area (Å²) in [4.78, 5) is 11.6. The highest BCUT2D eigenvalue weighted by Crippen LogP contribution is 2.21. The van der Waals surface area contributed by atoms with E-state index in [1.54, 1.807) is 24.3 Å². The minimum atomic E-state index is -0.417. The average Bonchev–Trinajstić information content (AvgIpc) is 2.45. The van der Waals surface area contributed by atoms with Crippen molar-refractivity contribution in [1.82, 2.24) is 0 Å². The van der Waals surface area contributed by atoms with Crippen LogP contribution >= 0.6 is 23.2 Å². The van der Waals surface area contributed by atoms with E-state index in [4.69, 9.17) is 27.9 Å². The van der Waals surface area contributed by atoms with Crippen LogP contribution in [0.15, 0.2) is 54.6 Å². The first-order chi connectivity index (χ1) is 9.65. The number of ether oxygens (including phenoxy) is 1. The van der Waals surface area contributed by atoms with Crippen LogP contribution in [-0.2, 0) is 16.1 Å². The molecule has 2 aromatic carbocycles. The van der Waals surface area contributed by atoms with Crippen molar-refractivity contribution >= 4 is 35.2 Å². The molecule has 0 atom stereocenters. The molecule has 2 nitrogen and oxygen atoms in total. The third kappa shape index (κ3) is 4.41. The van der Waals surface area contributed by atoms with Crippen LogP contribution < -0.4 is 0 Å². The van der Waals surface area contributed by atoms with Crippen LogP contribution in [0.1, 0.15) is 11.1 Å². The molecule has 20 heavy (non-hydrogen) atoms. The van der Waals surface area contributed by atoms with Crippen LogP contribution in [0.3, 0.4) is 0 Å². The number of carbonyl (C=O) groups is 1. The van der Waals surface area contributed by atoms with Gasteiger partial charge in [0, 0.05) is 16.1 Å². The van der Waals surface area contributed by atoms with E-state index in [0.717, 1.165) is 5.56 Å². The van der Waals surface area contributed by atoms with E-state index in [1.165, 1.54) is 6.08 Å². The summed E-state index contributed by atoms with van der Waals surface area (Å²) in [5, 5.41) is 1.04. The smallest absolute Gasteiger partial charge is 0.331 e. The number of hydrogen-bond donors (Lipinski definition) is 0. The largest absolute Gasteiger partial charge is 0.458 e. The molecule has 4 heteroatoms. The molecule has 0 aliphatic heterocycles. The molecule has 0 aromatic heterocycles. The zero-order valence-corrected chi connectivity index (χ0v) is 12.1. The molecule has 0 fully saturated rings. The maximum atomic E-state index is 11.6. The van der Waals surface area contributed by atoms with Crippen molar-refractivity contribution in [3.8, 4) is 0 Å². The van der Waals surface area contributed by atoms with Gasteiger partial charge in [0.05, 0.1) is 0 Å². The molecule has 0 aliphatic carbocycles. The lowest BCUT2D eigenvalue weighted by atomic mass is 10.2. The van der Waals surface area contributed by atoms with Crippen molar-refractivity contribution in [2.24, 2.45) is 0 Å². The predicted molar refractivity (Wildman–Crippen MR) is 81.7 cm³/mol. The van der Waals surface area contributed by atoms with Gasteiger partial charge in [-0.05, 0) is 29.3 Å². The van der Waals surface area contributed by atoms with Crippen LogP contribution in [0.5, 0.6) is 0 Å². The summed E-state index contributed by atoms with van der Waals surface area (Å²) in [7, 11) is 0. The molecule has 0 N–H and O–H groups in total. The normalized spacial score (nSPS) is 10.7. The highest BCUT2D eigenvalue weighted by atomic mass is 35.5. The van der Waals surface area contributed by atoms with Gasteiger partial charge in [0.1, 0.15) is 6.61 Å². The van der Waals surface area contributed by atoms with E-state index in [9.17, 15) is 4.79 Å². The van der Waals surface area contributed by atoms with E-state index < -0.39 is 5.97 Å². The second kappa shape index (κ2) is 7.13. The van der Waals surface area contributed by atoms with Crippen LogP contribution in [0, 0.1) is 0 Å². The van der Waals surface area contributed by atoms with Gasteiger partial charge in [-0.25, -0.2) is 4.79 Å². The molecule has 2 aromatic rings. The molecule has 0 radical (unpaired) electrons. The van der Waals surface area contributed by atoms with Crippen LogP contribution in [0.25, 0.3) is 6.08 Å². The highest BCUT2D eigenvalue weighted by molar-refractivity contribution is 6.35. The van der Waals surface area contributed by atoms with Gasteiger partial charge in [0.15, 0.2) is 0 Å². The molecule has 0 aliphatic rings. The molecule has 0 spiro atoms. The molecule has 0 heterocycles. The Labute approximate surface area is 127 Å². The molecule has 0 unspecified atom stereocenters. The number of rotatable bonds is 4. The minimum absolute atomic E-state index is 0.248. The highest BCUT2D eigenvalue weighted by Gasteiger charge is 2.01. The van der Waals surface area contributed by atoms with Gasteiger partial charge in [0.2, 0.25) is 0 Å². The van der Waals surface area contributed by atoms with Gasteiger partial charge in [-0.15, -0.1) is 0 Å². The fourth-order valence-corrected chi connectivity index (χ4v) is 2.04. The Kier molecular flexibility index (Phi) is 5.22. The molecular formula is C16H12Cl2O2. The summed E-state index contributed by atoms with van der Waals surface area (Å²) in [6, 6.07) is 14.6. The predicted octanol–water partition coefficient (Wildman–Crippen LogP) is 4.75. The first-order valence-corrected chi connectivity index (χ1v) is 6.74. The minimum Gasteiger partial charge on any atom is -0.458 e. The Morgan fingerprint density at radius 1 is 1.10 bits per heavy atom. The van der Waals surface area contributed by atoms with Crippen LogP contribution in [0.4, 0.5) is 0 Å². The lowest BCUT2D eigenvalue weighted by Crippen LogP contribution is -2.00. The third-order valence-corrected chi connectivity index (χ3v) is 3.15. The van der Waals surface area contributed by atoms with Crippen molar-refractivity contribution in [2.45, 2.75) is 6.61 Å². The maximum absolute atomic E-state index is 11.6. The van der Waals surface area contributed by atoms with Gasteiger partial charge in [-0.1, -0.05) is 59.6 Å². The maximum Gasteiger partial charge on any atom is 0.331 e. The van der Waals surface area contributed by atoms with Gasteiger partial charge in [-0.3, -0.25) is 0 Å².